The lowest BCUT2D eigenvalue weighted by Crippen LogP contribution is -2.53. The Bertz CT molecular complexity index is 385. The summed E-state index contributed by atoms with van der Waals surface area (Å²) in [6.07, 6.45) is 1.03. The van der Waals surface area contributed by atoms with E-state index in [1.807, 2.05) is 27.9 Å². The molecule has 5 nitrogen and oxygen atoms in total. The standard InChI is InChI=1S/C16H32N2O3/c1-10-12(19)17-16(6,7)13(20)21-15(4,5)11-14(2,3)18(8)9/h10-11H2,1-9H3,(H,17,19). The Kier molecular flexibility index (Phi) is 6.42. The van der Waals surface area contributed by atoms with Crippen molar-refractivity contribution in [2.45, 2.75) is 78.0 Å². The van der Waals surface area contributed by atoms with E-state index in [1.54, 1.807) is 20.8 Å². The smallest absolute Gasteiger partial charge is 0.331 e. The van der Waals surface area contributed by atoms with Gasteiger partial charge in [-0.1, -0.05) is 6.92 Å². The first kappa shape index (κ1) is 19.9. The van der Waals surface area contributed by atoms with Crippen LogP contribution in [-0.4, -0.2) is 47.6 Å². The minimum Gasteiger partial charge on any atom is -0.458 e. The minimum absolute atomic E-state index is 0.0966. The van der Waals surface area contributed by atoms with Crippen LogP contribution < -0.4 is 5.32 Å². The van der Waals surface area contributed by atoms with Crippen LogP contribution in [0.15, 0.2) is 0 Å². The molecule has 0 saturated heterocycles. The maximum atomic E-state index is 12.3. The molecule has 1 amide bonds. The first-order valence-electron chi connectivity index (χ1n) is 7.45. The van der Waals surface area contributed by atoms with Crippen molar-refractivity contribution in [1.29, 1.82) is 0 Å². The van der Waals surface area contributed by atoms with Gasteiger partial charge in [0.2, 0.25) is 5.91 Å². The number of esters is 1. The van der Waals surface area contributed by atoms with Gasteiger partial charge in [-0.3, -0.25) is 4.79 Å². The highest BCUT2D eigenvalue weighted by Gasteiger charge is 2.38. The van der Waals surface area contributed by atoms with Crippen molar-refractivity contribution < 1.29 is 14.3 Å². The molecule has 0 unspecified atom stereocenters. The molecule has 0 aliphatic rings. The van der Waals surface area contributed by atoms with Gasteiger partial charge in [-0.25, -0.2) is 4.79 Å². The van der Waals surface area contributed by atoms with Crippen LogP contribution in [0.2, 0.25) is 0 Å². The van der Waals surface area contributed by atoms with Crippen molar-refractivity contribution in [2.75, 3.05) is 14.1 Å². The molecule has 0 aliphatic heterocycles. The molecule has 0 rings (SSSR count). The van der Waals surface area contributed by atoms with Gasteiger partial charge in [-0.05, 0) is 55.6 Å². The predicted molar refractivity (Wildman–Crippen MR) is 85.1 cm³/mol. The molecule has 21 heavy (non-hydrogen) atoms. The van der Waals surface area contributed by atoms with Gasteiger partial charge in [0.1, 0.15) is 11.1 Å². The third-order valence-electron chi connectivity index (χ3n) is 3.72. The monoisotopic (exact) mass is 300 g/mol. The van der Waals surface area contributed by atoms with Gasteiger partial charge in [-0.15, -0.1) is 0 Å². The zero-order valence-corrected chi connectivity index (χ0v) is 15.1. The second-order valence-corrected chi connectivity index (χ2v) is 7.56. The van der Waals surface area contributed by atoms with Gasteiger partial charge in [0, 0.05) is 18.4 Å². The van der Waals surface area contributed by atoms with Crippen molar-refractivity contribution in [2.24, 2.45) is 0 Å². The Labute approximate surface area is 129 Å². The van der Waals surface area contributed by atoms with E-state index in [4.69, 9.17) is 4.74 Å². The molecule has 0 saturated carbocycles. The highest BCUT2D eigenvalue weighted by Crippen LogP contribution is 2.28. The number of hydrogen-bond donors (Lipinski definition) is 1. The lowest BCUT2D eigenvalue weighted by molar-refractivity contribution is -0.167. The second kappa shape index (κ2) is 6.77. The molecule has 0 aromatic carbocycles. The second-order valence-electron chi connectivity index (χ2n) is 7.56. The van der Waals surface area contributed by atoms with Crippen LogP contribution in [0.25, 0.3) is 0 Å². The fourth-order valence-corrected chi connectivity index (χ4v) is 2.10. The first-order chi connectivity index (χ1) is 9.23. The molecular formula is C16H32N2O3. The molecule has 0 bridgehead atoms. The number of rotatable bonds is 7. The maximum absolute atomic E-state index is 12.3. The van der Waals surface area contributed by atoms with E-state index in [0.29, 0.717) is 12.8 Å². The molecular weight excluding hydrogens is 268 g/mol. The molecule has 124 valence electrons. The number of amides is 1. The SMILES string of the molecule is CCC(=O)NC(C)(C)C(=O)OC(C)(C)CC(C)(C)N(C)C. The molecule has 0 aromatic heterocycles. The number of ether oxygens (including phenoxy) is 1. The highest BCUT2D eigenvalue weighted by molar-refractivity contribution is 5.87. The van der Waals surface area contributed by atoms with E-state index in [9.17, 15) is 9.59 Å². The molecule has 0 heterocycles. The van der Waals surface area contributed by atoms with Gasteiger partial charge >= 0.3 is 5.97 Å². The first-order valence-corrected chi connectivity index (χ1v) is 7.45. The number of nitrogens with one attached hydrogen (secondary N) is 1. The van der Waals surface area contributed by atoms with E-state index >= 15 is 0 Å². The van der Waals surface area contributed by atoms with E-state index in [-0.39, 0.29) is 11.4 Å². The summed E-state index contributed by atoms with van der Waals surface area (Å²) in [5.74, 6) is -0.577. The van der Waals surface area contributed by atoms with Crippen molar-refractivity contribution in [3.05, 3.63) is 0 Å². The van der Waals surface area contributed by atoms with Gasteiger partial charge in [-0.2, -0.15) is 0 Å². The fourth-order valence-electron chi connectivity index (χ4n) is 2.10. The highest BCUT2D eigenvalue weighted by atomic mass is 16.6. The molecule has 0 atom stereocenters. The quantitative estimate of drug-likeness (QED) is 0.733. The summed E-state index contributed by atoms with van der Waals surface area (Å²) in [6, 6.07) is 0. The zero-order valence-electron chi connectivity index (χ0n) is 15.1. The van der Waals surface area contributed by atoms with Crippen molar-refractivity contribution in [3.63, 3.8) is 0 Å². The summed E-state index contributed by atoms with van der Waals surface area (Å²) in [7, 11) is 4.01. The van der Waals surface area contributed by atoms with Crippen molar-refractivity contribution in [3.8, 4) is 0 Å². The summed E-state index contributed by atoms with van der Waals surface area (Å²) >= 11 is 0. The van der Waals surface area contributed by atoms with Crippen LogP contribution in [0.1, 0.15) is 61.3 Å². The minimum atomic E-state index is -1.02. The van der Waals surface area contributed by atoms with Crippen LogP contribution >= 0.6 is 0 Å². The summed E-state index contributed by atoms with van der Waals surface area (Å²) in [5, 5.41) is 2.69. The predicted octanol–water partition coefficient (Wildman–Crippen LogP) is 2.34. The van der Waals surface area contributed by atoms with Crippen molar-refractivity contribution in [1.82, 2.24) is 10.2 Å². The Morgan fingerprint density at radius 2 is 1.52 bits per heavy atom. The lowest BCUT2D eigenvalue weighted by atomic mass is 9.88. The van der Waals surface area contributed by atoms with Gasteiger partial charge < -0.3 is 15.0 Å². The third-order valence-corrected chi connectivity index (χ3v) is 3.72. The Morgan fingerprint density at radius 1 is 1.05 bits per heavy atom. The number of nitrogens with zero attached hydrogens (tertiary/aromatic N) is 1. The van der Waals surface area contributed by atoms with Crippen LogP contribution in [-0.2, 0) is 14.3 Å². The summed E-state index contributed by atoms with van der Waals surface area (Å²) in [4.78, 5) is 25.9. The maximum Gasteiger partial charge on any atom is 0.331 e. The fraction of sp³-hybridized carbons (Fsp3) is 0.875. The van der Waals surface area contributed by atoms with Crippen LogP contribution in [0.3, 0.4) is 0 Å². The average Bonchev–Trinajstić information content (AvgIpc) is 2.25. The van der Waals surface area contributed by atoms with Crippen molar-refractivity contribution >= 4 is 11.9 Å². The van der Waals surface area contributed by atoms with Gasteiger partial charge in [0.25, 0.3) is 0 Å². The normalized spacial score (nSPS) is 13.2. The molecule has 1 N–H and O–H groups in total. The van der Waals surface area contributed by atoms with E-state index < -0.39 is 17.1 Å². The zero-order chi connectivity index (χ0) is 17.1. The topological polar surface area (TPSA) is 58.6 Å². The Hall–Kier alpha value is -1.10. The Balaban J connectivity index is 4.86. The van der Waals surface area contributed by atoms with Crippen LogP contribution in [0, 0.1) is 0 Å². The Morgan fingerprint density at radius 3 is 1.90 bits per heavy atom. The third kappa shape index (κ3) is 6.46. The molecule has 0 aromatic rings. The van der Waals surface area contributed by atoms with Gasteiger partial charge in [0.05, 0.1) is 0 Å². The number of hydrogen-bond acceptors (Lipinski definition) is 4. The van der Waals surface area contributed by atoms with E-state index in [2.05, 4.69) is 24.1 Å². The molecule has 0 fully saturated rings. The summed E-state index contributed by atoms with van der Waals surface area (Å²) in [6.45, 7) is 13.1. The van der Waals surface area contributed by atoms with Crippen LogP contribution in [0.5, 0.6) is 0 Å². The number of carbonyl (C=O) groups excluding carboxylic acids is 2. The lowest BCUT2D eigenvalue weighted by Gasteiger charge is -2.40. The van der Waals surface area contributed by atoms with Gasteiger partial charge in [0.15, 0.2) is 0 Å². The molecule has 5 heteroatoms. The molecule has 0 radical (unpaired) electrons. The summed E-state index contributed by atoms with van der Waals surface area (Å²) < 4.78 is 5.65. The van der Waals surface area contributed by atoms with E-state index in [1.165, 1.54) is 0 Å². The number of carbonyl (C=O) groups is 2. The molecule has 0 spiro atoms. The largest absolute Gasteiger partial charge is 0.458 e. The van der Waals surface area contributed by atoms with Crippen LogP contribution in [0.4, 0.5) is 0 Å². The average molecular weight is 300 g/mol. The van der Waals surface area contributed by atoms with E-state index in [0.717, 1.165) is 0 Å². The summed E-state index contributed by atoms with van der Waals surface area (Å²) in [5.41, 5.74) is -1.73. The molecule has 0 aliphatic carbocycles.